The second-order valence-electron chi connectivity index (χ2n) is 2.35. The minimum atomic E-state index is -0.251. The first-order valence-electron chi connectivity index (χ1n) is 3.58. The van der Waals surface area contributed by atoms with E-state index in [-0.39, 0.29) is 6.67 Å². The quantitative estimate of drug-likeness (QED) is 0.628. The van der Waals surface area contributed by atoms with Crippen LogP contribution in [0.1, 0.15) is 5.56 Å². The van der Waals surface area contributed by atoms with Crippen molar-refractivity contribution in [2.75, 3.05) is 12.4 Å². The lowest BCUT2D eigenvalue weighted by atomic mass is 10.2. The van der Waals surface area contributed by atoms with Gasteiger partial charge in [0.2, 0.25) is 0 Å². The predicted molar refractivity (Wildman–Crippen MR) is 47.9 cm³/mol. The molecule has 0 radical (unpaired) electrons. The molecular weight excluding hydrogens is 159 g/mol. The third-order valence-electron chi connectivity index (χ3n) is 1.34. The molecule has 0 saturated heterocycles. The maximum absolute atomic E-state index is 11.8. The fourth-order valence-electron chi connectivity index (χ4n) is 0.862. The number of alkyl halides is 1. The molecule has 0 spiro atoms. The first kappa shape index (κ1) is 8.60. The number of thioether (sulfide) groups is 1. The van der Waals surface area contributed by atoms with Crippen LogP contribution in [0.4, 0.5) is 4.39 Å². The van der Waals surface area contributed by atoms with Crippen molar-refractivity contribution in [3.63, 3.8) is 0 Å². The molecule has 0 saturated carbocycles. The van der Waals surface area contributed by atoms with Gasteiger partial charge in [0.15, 0.2) is 0 Å². The van der Waals surface area contributed by atoms with Gasteiger partial charge in [0, 0.05) is 10.6 Å². The van der Waals surface area contributed by atoms with Crippen molar-refractivity contribution in [3.8, 4) is 0 Å². The summed E-state index contributed by atoms with van der Waals surface area (Å²) < 4.78 is 11.8. The largest absolute Gasteiger partial charge is 0.250 e. The van der Waals surface area contributed by atoms with Gasteiger partial charge in [-0.2, -0.15) is 0 Å². The normalized spacial score (nSPS) is 10.0. The molecule has 0 aliphatic carbocycles. The molecule has 0 aromatic heterocycles. The van der Waals surface area contributed by atoms with E-state index in [9.17, 15) is 4.39 Å². The van der Waals surface area contributed by atoms with Crippen LogP contribution in [0.2, 0.25) is 0 Å². The molecule has 2 heteroatoms. The van der Waals surface area contributed by atoms with Crippen molar-refractivity contribution in [2.45, 2.75) is 11.8 Å². The van der Waals surface area contributed by atoms with E-state index in [2.05, 4.69) is 6.07 Å². The Bertz CT molecular complexity index is 223. The van der Waals surface area contributed by atoms with E-state index >= 15 is 0 Å². The molecule has 0 N–H and O–H groups in total. The highest BCUT2D eigenvalue weighted by atomic mass is 32.2. The minimum Gasteiger partial charge on any atom is -0.250 e. The zero-order valence-electron chi connectivity index (χ0n) is 6.51. The van der Waals surface area contributed by atoms with Crippen LogP contribution in [-0.4, -0.2) is 12.4 Å². The van der Waals surface area contributed by atoms with Crippen molar-refractivity contribution in [1.29, 1.82) is 0 Å². The Morgan fingerprint density at radius 2 is 2.27 bits per heavy atom. The molecule has 1 aromatic carbocycles. The van der Waals surface area contributed by atoms with Crippen LogP contribution in [0.5, 0.6) is 0 Å². The SMILES string of the molecule is Cc1cccc(SCCF)c1. The summed E-state index contributed by atoms with van der Waals surface area (Å²) in [6, 6.07) is 8.11. The molecule has 0 aliphatic heterocycles. The second kappa shape index (κ2) is 4.39. The monoisotopic (exact) mass is 170 g/mol. The smallest absolute Gasteiger partial charge is 0.0988 e. The Kier molecular flexibility index (Phi) is 3.43. The van der Waals surface area contributed by atoms with Gasteiger partial charge in [0.1, 0.15) is 0 Å². The number of halogens is 1. The van der Waals surface area contributed by atoms with Crippen LogP contribution >= 0.6 is 11.8 Å². The Hall–Kier alpha value is -0.500. The average molecular weight is 170 g/mol. The molecule has 60 valence electrons. The van der Waals surface area contributed by atoms with E-state index in [0.717, 1.165) is 4.90 Å². The van der Waals surface area contributed by atoms with Gasteiger partial charge in [-0.05, 0) is 19.1 Å². The van der Waals surface area contributed by atoms with Gasteiger partial charge in [0.05, 0.1) is 6.67 Å². The van der Waals surface area contributed by atoms with Gasteiger partial charge < -0.3 is 0 Å². The average Bonchev–Trinajstić information content (AvgIpc) is 2.01. The third kappa shape index (κ3) is 2.93. The van der Waals surface area contributed by atoms with Crippen LogP contribution in [0.25, 0.3) is 0 Å². The molecular formula is C9H11FS. The Morgan fingerprint density at radius 3 is 2.91 bits per heavy atom. The minimum absolute atomic E-state index is 0.251. The first-order valence-corrected chi connectivity index (χ1v) is 4.57. The summed E-state index contributed by atoms with van der Waals surface area (Å²) in [6.45, 7) is 1.79. The molecule has 0 nitrogen and oxygen atoms in total. The zero-order chi connectivity index (χ0) is 8.10. The van der Waals surface area contributed by atoms with Gasteiger partial charge in [-0.3, -0.25) is 4.39 Å². The summed E-state index contributed by atoms with van der Waals surface area (Å²) in [6.07, 6.45) is 0. The summed E-state index contributed by atoms with van der Waals surface area (Å²) in [5.74, 6) is 0.559. The van der Waals surface area contributed by atoms with Gasteiger partial charge in [-0.15, -0.1) is 11.8 Å². The maximum atomic E-state index is 11.8. The van der Waals surface area contributed by atoms with Crippen molar-refractivity contribution >= 4 is 11.8 Å². The Morgan fingerprint density at radius 1 is 1.45 bits per heavy atom. The lowest BCUT2D eigenvalue weighted by molar-refractivity contribution is 0.533. The van der Waals surface area contributed by atoms with Gasteiger partial charge in [0.25, 0.3) is 0 Å². The summed E-state index contributed by atoms with van der Waals surface area (Å²) >= 11 is 1.56. The van der Waals surface area contributed by atoms with Gasteiger partial charge in [-0.1, -0.05) is 17.7 Å². The first-order chi connectivity index (χ1) is 5.33. The van der Waals surface area contributed by atoms with Crippen molar-refractivity contribution in [3.05, 3.63) is 29.8 Å². The number of rotatable bonds is 3. The highest BCUT2D eigenvalue weighted by Gasteiger charge is 1.92. The summed E-state index contributed by atoms with van der Waals surface area (Å²) in [4.78, 5) is 1.16. The Balaban J connectivity index is 2.56. The molecule has 0 amide bonds. The van der Waals surface area contributed by atoms with Crippen LogP contribution in [0.3, 0.4) is 0 Å². The number of benzene rings is 1. The van der Waals surface area contributed by atoms with Crippen molar-refractivity contribution < 1.29 is 4.39 Å². The molecule has 0 heterocycles. The molecule has 1 rings (SSSR count). The molecule has 0 atom stereocenters. The lowest BCUT2D eigenvalue weighted by Crippen LogP contribution is -1.80. The number of hydrogen-bond acceptors (Lipinski definition) is 1. The van der Waals surface area contributed by atoms with Gasteiger partial charge in [-0.25, -0.2) is 0 Å². The standard InChI is InChI=1S/C9H11FS/c1-8-3-2-4-9(7-8)11-6-5-10/h2-4,7H,5-6H2,1H3. The highest BCUT2D eigenvalue weighted by molar-refractivity contribution is 7.99. The number of hydrogen-bond donors (Lipinski definition) is 0. The van der Waals surface area contributed by atoms with Crippen LogP contribution in [-0.2, 0) is 0 Å². The molecule has 0 fully saturated rings. The van der Waals surface area contributed by atoms with E-state index in [4.69, 9.17) is 0 Å². The molecule has 1 aromatic rings. The molecule has 0 bridgehead atoms. The zero-order valence-corrected chi connectivity index (χ0v) is 7.33. The fourth-order valence-corrected chi connectivity index (χ4v) is 1.62. The third-order valence-corrected chi connectivity index (χ3v) is 2.28. The fraction of sp³-hybridized carbons (Fsp3) is 0.333. The highest BCUT2D eigenvalue weighted by Crippen LogP contribution is 2.18. The predicted octanol–water partition coefficient (Wildman–Crippen LogP) is 3.06. The maximum Gasteiger partial charge on any atom is 0.0988 e. The van der Waals surface area contributed by atoms with E-state index in [1.165, 1.54) is 5.56 Å². The second-order valence-corrected chi connectivity index (χ2v) is 3.52. The van der Waals surface area contributed by atoms with E-state index in [0.29, 0.717) is 5.75 Å². The molecule has 0 unspecified atom stereocenters. The van der Waals surface area contributed by atoms with Crippen LogP contribution < -0.4 is 0 Å². The summed E-state index contributed by atoms with van der Waals surface area (Å²) in [5.41, 5.74) is 1.23. The van der Waals surface area contributed by atoms with Crippen molar-refractivity contribution in [2.24, 2.45) is 0 Å². The van der Waals surface area contributed by atoms with Crippen molar-refractivity contribution in [1.82, 2.24) is 0 Å². The topological polar surface area (TPSA) is 0 Å². The van der Waals surface area contributed by atoms with E-state index in [1.54, 1.807) is 11.8 Å². The Labute approximate surface area is 70.8 Å². The van der Waals surface area contributed by atoms with E-state index in [1.807, 2.05) is 25.1 Å². The summed E-state index contributed by atoms with van der Waals surface area (Å²) in [7, 11) is 0. The van der Waals surface area contributed by atoms with Crippen LogP contribution in [0, 0.1) is 6.92 Å². The lowest BCUT2D eigenvalue weighted by Gasteiger charge is -1.98. The molecule has 0 aliphatic rings. The van der Waals surface area contributed by atoms with Gasteiger partial charge >= 0.3 is 0 Å². The van der Waals surface area contributed by atoms with Crippen LogP contribution in [0.15, 0.2) is 29.2 Å². The molecule has 11 heavy (non-hydrogen) atoms. The number of aryl methyl sites for hydroxylation is 1. The summed E-state index contributed by atoms with van der Waals surface area (Å²) in [5, 5.41) is 0. The van der Waals surface area contributed by atoms with E-state index < -0.39 is 0 Å².